The van der Waals surface area contributed by atoms with Crippen LogP contribution in [0.1, 0.15) is 25.6 Å². The molecule has 0 fully saturated rings. The summed E-state index contributed by atoms with van der Waals surface area (Å²) in [6, 6.07) is 0. The van der Waals surface area contributed by atoms with Gasteiger partial charge < -0.3 is 0 Å². The monoisotopic (exact) mass is 273 g/mol. The van der Waals surface area contributed by atoms with Crippen molar-refractivity contribution in [2.45, 2.75) is 19.8 Å². The minimum absolute atomic E-state index is 0.324. The average Bonchev–Trinajstić information content (AvgIpc) is 2.34. The number of nitrogens with zero attached hydrogens (tertiary/aromatic N) is 2. The molecule has 0 aliphatic carbocycles. The van der Waals surface area contributed by atoms with Crippen molar-refractivity contribution in [3.05, 3.63) is 9.72 Å². The normalized spacial score (nSPS) is 11.2. The molecule has 0 N–H and O–H groups in total. The van der Waals surface area contributed by atoms with E-state index >= 15 is 0 Å². The summed E-state index contributed by atoms with van der Waals surface area (Å²) in [5.74, 6) is 1.07. The molecule has 0 aliphatic rings. The molecule has 0 bridgehead atoms. The van der Waals surface area contributed by atoms with Crippen molar-refractivity contribution >= 4 is 8.91 Å². The standard InChI is InChI=1S/C5H7ClIN2O/c1-3(2)4-8-5(7-6)10-9-4/h3H,1-2H3/q-1. The predicted molar refractivity (Wildman–Crippen MR) is 32.9 cm³/mol. The molecule has 0 unspecified atom stereocenters. The van der Waals surface area contributed by atoms with Gasteiger partial charge in [0.25, 0.3) is 0 Å². The Labute approximate surface area is 73.1 Å². The first-order valence-electron chi connectivity index (χ1n) is 2.83. The van der Waals surface area contributed by atoms with Gasteiger partial charge in [0.1, 0.15) is 0 Å². The van der Waals surface area contributed by atoms with Crippen LogP contribution in [0.25, 0.3) is 0 Å². The molecule has 1 rings (SSSR count). The Bertz CT molecular complexity index is 213. The first-order valence-corrected chi connectivity index (χ1v) is 6.64. The van der Waals surface area contributed by atoms with Gasteiger partial charge in [0, 0.05) is 0 Å². The molecule has 0 spiro atoms. The zero-order valence-corrected chi connectivity index (χ0v) is 8.55. The summed E-state index contributed by atoms with van der Waals surface area (Å²) in [5.41, 5.74) is 0. The van der Waals surface area contributed by atoms with Crippen molar-refractivity contribution in [1.82, 2.24) is 10.1 Å². The molecular formula is C5H7ClIN2O-. The number of hydrogen-bond acceptors (Lipinski definition) is 3. The summed E-state index contributed by atoms with van der Waals surface area (Å²) >= 11 is -0.563. The van der Waals surface area contributed by atoms with Gasteiger partial charge in [0.2, 0.25) is 0 Å². The number of hydrogen-bond donors (Lipinski definition) is 0. The fraction of sp³-hybridized carbons (Fsp3) is 0.600. The van der Waals surface area contributed by atoms with E-state index in [-0.39, 0.29) is 0 Å². The molecule has 0 saturated heterocycles. The summed E-state index contributed by atoms with van der Waals surface area (Å²) in [7, 11) is 5.56. The fourth-order valence-corrected chi connectivity index (χ4v) is 1.38. The topological polar surface area (TPSA) is 38.9 Å². The first kappa shape index (κ1) is 8.26. The summed E-state index contributed by atoms with van der Waals surface area (Å²) in [4.78, 5) is 4.07. The van der Waals surface area contributed by atoms with Crippen LogP contribution in [-0.2, 0) is 0 Å². The Morgan fingerprint density at radius 2 is 2.30 bits per heavy atom. The van der Waals surface area contributed by atoms with Gasteiger partial charge in [-0.25, -0.2) is 0 Å². The van der Waals surface area contributed by atoms with E-state index < -0.39 is 20.1 Å². The van der Waals surface area contributed by atoms with Crippen LogP contribution >= 0.6 is 8.91 Å². The molecule has 1 heterocycles. The average molecular weight is 273 g/mol. The van der Waals surface area contributed by atoms with Crippen LogP contribution in [0.4, 0.5) is 0 Å². The molecule has 3 nitrogen and oxygen atoms in total. The van der Waals surface area contributed by atoms with Gasteiger partial charge in [0.05, 0.1) is 0 Å². The predicted octanol–water partition coefficient (Wildman–Crippen LogP) is -1.39. The van der Waals surface area contributed by atoms with E-state index in [2.05, 4.69) is 10.1 Å². The van der Waals surface area contributed by atoms with Gasteiger partial charge >= 0.3 is 73.1 Å². The second-order valence-electron chi connectivity index (χ2n) is 2.13. The van der Waals surface area contributed by atoms with E-state index in [0.717, 1.165) is 5.82 Å². The van der Waals surface area contributed by atoms with E-state index in [4.69, 9.17) is 13.4 Å². The first-order chi connectivity index (χ1) is 4.74. The van der Waals surface area contributed by atoms with Gasteiger partial charge in [-0.3, -0.25) is 0 Å². The van der Waals surface area contributed by atoms with Crippen molar-refractivity contribution in [2.75, 3.05) is 0 Å². The maximum atomic E-state index is 5.56. The molecule has 1 aromatic rings. The third-order valence-corrected chi connectivity index (χ3v) is 2.60. The van der Waals surface area contributed by atoms with E-state index in [0.29, 0.717) is 9.82 Å². The summed E-state index contributed by atoms with van der Waals surface area (Å²) in [6.07, 6.45) is 0. The molecule has 0 radical (unpaired) electrons. The van der Waals surface area contributed by atoms with Gasteiger partial charge in [0.15, 0.2) is 0 Å². The molecule has 1 aromatic heterocycles. The van der Waals surface area contributed by atoms with Crippen LogP contribution in [0.5, 0.6) is 0 Å². The van der Waals surface area contributed by atoms with E-state index in [1.165, 1.54) is 0 Å². The summed E-state index contributed by atoms with van der Waals surface area (Å²) < 4.78 is 5.43. The van der Waals surface area contributed by atoms with Crippen molar-refractivity contribution in [3.8, 4) is 0 Å². The maximum absolute atomic E-state index is 5.56. The minimum atomic E-state index is -0.563. The van der Waals surface area contributed by atoms with Gasteiger partial charge in [-0.15, -0.1) is 0 Å². The number of halogens is 2. The van der Waals surface area contributed by atoms with Crippen LogP contribution in [0, 0.1) is 3.90 Å². The van der Waals surface area contributed by atoms with Gasteiger partial charge in [-0.05, 0) is 0 Å². The van der Waals surface area contributed by atoms with Gasteiger partial charge in [-0.1, -0.05) is 0 Å². The summed E-state index contributed by atoms with van der Waals surface area (Å²) in [5, 5.41) is 3.74. The van der Waals surface area contributed by atoms with E-state index in [9.17, 15) is 0 Å². The Kier molecular flexibility index (Phi) is 2.91. The molecule has 0 atom stereocenters. The van der Waals surface area contributed by atoms with Crippen molar-refractivity contribution < 1.29 is 24.6 Å². The Hall–Kier alpha value is 0.160. The third-order valence-electron chi connectivity index (χ3n) is 0.994. The molecule has 0 amide bonds. The van der Waals surface area contributed by atoms with Crippen LogP contribution in [0.2, 0.25) is 0 Å². The van der Waals surface area contributed by atoms with Crippen LogP contribution in [0.3, 0.4) is 0 Å². The van der Waals surface area contributed by atoms with Crippen molar-refractivity contribution in [2.24, 2.45) is 0 Å². The molecule has 0 aromatic carbocycles. The molecule has 0 saturated carbocycles. The molecule has 10 heavy (non-hydrogen) atoms. The zero-order chi connectivity index (χ0) is 7.56. The Morgan fingerprint density at radius 1 is 1.60 bits per heavy atom. The third kappa shape index (κ3) is 1.82. The molecular weight excluding hydrogens is 266 g/mol. The summed E-state index contributed by atoms with van der Waals surface area (Å²) in [6.45, 7) is 4.03. The molecule has 58 valence electrons. The number of aromatic nitrogens is 2. The molecule has 5 heteroatoms. The van der Waals surface area contributed by atoms with Crippen LogP contribution in [0.15, 0.2) is 4.52 Å². The zero-order valence-electron chi connectivity index (χ0n) is 5.64. The van der Waals surface area contributed by atoms with Crippen molar-refractivity contribution in [1.29, 1.82) is 0 Å². The van der Waals surface area contributed by atoms with Crippen molar-refractivity contribution in [3.63, 3.8) is 0 Å². The SMILES string of the molecule is CC(C)c1noc([I-]Cl)n1. The Balaban J connectivity index is 2.78. The Morgan fingerprint density at radius 3 is 2.60 bits per heavy atom. The quantitative estimate of drug-likeness (QED) is 0.623. The van der Waals surface area contributed by atoms with E-state index in [1.807, 2.05) is 13.8 Å². The second-order valence-corrected chi connectivity index (χ2v) is 4.42. The second kappa shape index (κ2) is 3.52. The van der Waals surface area contributed by atoms with Crippen LogP contribution in [-0.4, -0.2) is 10.1 Å². The number of rotatable bonds is 2. The van der Waals surface area contributed by atoms with Gasteiger partial charge in [-0.2, -0.15) is 0 Å². The fourth-order valence-electron chi connectivity index (χ4n) is 0.479. The molecule has 0 aliphatic heterocycles. The van der Waals surface area contributed by atoms with Crippen LogP contribution < -0.4 is 20.1 Å². The van der Waals surface area contributed by atoms with E-state index in [1.54, 1.807) is 0 Å².